The van der Waals surface area contributed by atoms with Gasteiger partial charge in [-0.2, -0.15) is 0 Å². The molecule has 1 saturated carbocycles. The van der Waals surface area contributed by atoms with Crippen molar-refractivity contribution in [1.29, 1.82) is 0 Å². The van der Waals surface area contributed by atoms with E-state index in [1.165, 1.54) is 49.9 Å². The number of ether oxygens (including phenoxy) is 1. The van der Waals surface area contributed by atoms with Crippen LogP contribution in [0.2, 0.25) is 0 Å². The highest BCUT2D eigenvalue weighted by Gasteiger charge is 2.35. The summed E-state index contributed by atoms with van der Waals surface area (Å²) in [6, 6.07) is 8.60. The number of likely N-dealkylation sites (tertiary alicyclic amines) is 1. The summed E-state index contributed by atoms with van der Waals surface area (Å²) in [4.78, 5) is 6.96. The van der Waals surface area contributed by atoms with Crippen molar-refractivity contribution in [2.24, 2.45) is 16.8 Å². The third-order valence-electron chi connectivity index (χ3n) is 5.27. The topological polar surface area (TPSA) is 36.9 Å². The summed E-state index contributed by atoms with van der Waals surface area (Å²) in [6.07, 6.45) is 5.63. The lowest BCUT2D eigenvalue weighted by molar-refractivity contribution is 0.185. The van der Waals surface area contributed by atoms with Crippen molar-refractivity contribution >= 4 is 5.96 Å². The van der Waals surface area contributed by atoms with Crippen molar-refractivity contribution in [3.8, 4) is 0 Å². The summed E-state index contributed by atoms with van der Waals surface area (Å²) >= 11 is 0. The maximum atomic E-state index is 5.16. The second-order valence-corrected chi connectivity index (χ2v) is 6.86. The standard InChI is InChI=1S/C19H29N3O/c1-20-19(22-12-17-5-3-4-6-18(17)13-22)21-11-15-7-9-16(10-8-15)14-23-2/h7-10,17-18H,3-6,11-14H2,1-2H3,(H,20,21). The summed E-state index contributed by atoms with van der Waals surface area (Å²) in [5.74, 6) is 2.83. The third kappa shape index (κ3) is 4.05. The van der Waals surface area contributed by atoms with E-state index in [1.54, 1.807) is 7.11 Å². The van der Waals surface area contributed by atoms with E-state index in [0.717, 1.165) is 24.3 Å². The number of nitrogens with zero attached hydrogens (tertiary/aromatic N) is 2. The van der Waals surface area contributed by atoms with Crippen LogP contribution in [0.1, 0.15) is 36.8 Å². The maximum absolute atomic E-state index is 5.16. The number of fused-ring (bicyclic) bond motifs is 1. The number of benzene rings is 1. The SMILES string of the molecule is CN=C(NCc1ccc(COC)cc1)N1CC2CCCCC2C1. The molecule has 23 heavy (non-hydrogen) atoms. The van der Waals surface area contributed by atoms with E-state index in [4.69, 9.17) is 4.74 Å². The molecule has 2 unspecified atom stereocenters. The Morgan fingerprint density at radius 2 is 1.74 bits per heavy atom. The zero-order chi connectivity index (χ0) is 16.1. The Hall–Kier alpha value is -1.55. The number of guanidine groups is 1. The van der Waals surface area contributed by atoms with Gasteiger partial charge in [0.25, 0.3) is 0 Å². The van der Waals surface area contributed by atoms with Crippen LogP contribution in [0, 0.1) is 11.8 Å². The average molecular weight is 315 g/mol. The van der Waals surface area contributed by atoms with E-state index >= 15 is 0 Å². The molecular weight excluding hydrogens is 286 g/mol. The van der Waals surface area contributed by atoms with Crippen molar-refractivity contribution in [1.82, 2.24) is 10.2 Å². The van der Waals surface area contributed by atoms with E-state index in [9.17, 15) is 0 Å². The van der Waals surface area contributed by atoms with Crippen molar-refractivity contribution < 1.29 is 4.74 Å². The van der Waals surface area contributed by atoms with Crippen LogP contribution in [0.15, 0.2) is 29.3 Å². The molecule has 4 nitrogen and oxygen atoms in total. The second-order valence-electron chi connectivity index (χ2n) is 6.86. The van der Waals surface area contributed by atoms with Gasteiger partial charge < -0.3 is 15.0 Å². The van der Waals surface area contributed by atoms with Crippen LogP contribution < -0.4 is 5.32 Å². The van der Waals surface area contributed by atoms with Gasteiger partial charge in [0.2, 0.25) is 0 Å². The first-order valence-electron chi connectivity index (χ1n) is 8.82. The monoisotopic (exact) mass is 315 g/mol. The fraction of sp³-hybridized carbons (Fsp3) is 0.632. The molecule has 1 aliphatic carbocycles. The second kappa shape index (κ2) is 7.82. The van der Waals surface area contributed by atoms with Crippen LogP contribution in [0.25, 0.3) is 0 Å². The Bertz CT molecular complexity index is 512. The Balaban J connectivity index is 1.53. The maximum Gasteiger partial charge on any atom is 0.193 e. The fourth-order valence-electron chi connectivity index (χ4n) is 4.01. The summed E-state index contributed by atoms with van der Waals surface area (Å²) in [5.41, 5.74) is 2.49. The predicted molar refractivity (Wildman–Crippen MR) is 94.4 cm³/mol. The van der Waals surface area contributed by atoms with Gasteiger partial charge in [-0.25, -0.2) is 0 Å². The van der Waals surface area contributed by atoms with Gasteiger partial charge in [0.05, 0.1) is 6.61 Å². The summed E-state index contributed by atoms with van der Waals surface area (Å²) in [7, 11) is 3.62. The minimum Gasteiger partial charge on any atom is -0.380 e. The van der Waals surface area contributed by atoms with Gasteiger partial charge >= 0.3 is 0 Å². The average Bonchev–Trinajstić information content (AvgIpc) is 3.01. The smallest absolute Gasteiger partial charge is 0.193 e. The zero-order valence-corrected chi connectivity index (χ0v) is 14.4. The first kappa shape index (κ1) is 16.3. The summed E-state index contributed by atoms with van der Waals surface area (Å²) in [5, 5.41) is 3.53. The van der Waals surface area contributed by atoms with Crippen LogP contribution >= 0.6 is 0 Å². The molecule has 0 amide bonds. The molecule has 1 heterocycles. The first-order valence-corrected chi connectivity index (χ1v) is 8.82. The highest BCUT2D eigenvalue weighted by Crippen LogP contribution is 2.35. The van der Waals surface area contributed by atoms with Gasteiger partial charge in [0, 0.05) is 33.8 Å². The van der Waals surface area contributed by atoms with E-state index < -0.39 is 0 Å². The molecule has 2 aliphatic rings. The molecule has 2 atom stereocenters. The molecule has 126 valence electrons. The molecule has 0 radical (unpaired) electrons. The zero-order valence-electron chi connectivity index (χ0n) is 14.4. The predicted octanol–water partition coefficient (Wildman–Crippen LogP) is 3.03. The van der Waals surface area contributed by atoms with Crippen LogP contribution in [0.3, 0.4) is 0 Å². The van der Waals surface area contributed by atoms with Crippen LogP contribution in [0.5, 0.6) is 0 Å². The van der Waals surface area contributed by atoms with Crippen LogP contribution in [-0.4, -0.2) is 38.1 Å². The fourth-order valence-corrected chi connectivity index (χ4v) is 4.01. The lowest BCUT2D eigenvalue weighted by atomic mass is 9.82. The first-order chi connectivity index (χ1) is 11.3. The molecular formula is C19H29N3O. The van der Waals surface area contributed by atoms with Crippen molar-refractivity contribution in [3.63, 3.8) is 0 Å². The highest BCUT2D eigenvalue weighted by atomic mass is 16.5. The van der Waals surface area contributed by atoms with E-state index in [2.05, 4.69) is 39.5 Å². The molecule has 1 aromatic carbocycles. The van der Waals surface area contributed by atoms with E-state index in [0.29, 0.717) is 6.61 Å². The molecule has 1 aliphatic heterocycles. The number of hydrogen-bond donors (Lipinski definition) is 1. The summed E-state index contributed by atoms with van der Waals surface area (Å²) in [6.45, 7) is 3.85. The lowest BCUT2D eigenvalue weighted by Crippen LogP contribution is -2.39. The van der Waals surface area contributed by atoms with Gasteiger partial charge in [-0.15, -0.1) is 0 Å². The largest absolute Gasteiger partial charge is 0.380 e. The molecule has 3 rings (SSSR count). The quantitative estimate of drug-likeness (QED) is 0.685. The minimum absolute atomic E-state index is 0.673. The van der Waals surface area contributed by atoms with Gasteiger partial charge in [0.15, 0.2) is 5.96 Å². The van der Waals surface area contributed by atoms with Gasteiger partial charge in [-0.1, -0.05) is 37.1 Å². The molecule has 0 bridgehead atoms. The lowest BCUT2D eigenvalue weighted by Gasteiger charge is -2.22. The Kier molecular flexibility index (Phi) is 5.55. The molecule has 2 fully saturated rings. The van der Waals surface area contributed by atoms with E-state index in [-0.39, 0.29) is 0 Å². The molecule has 4 heteroatoms. The molecule has 1 N–H and O–H groups in total. The molecule has 0 aromatic heterocycles. The number of rotatable bonds is 4. The molecule has 1 saturated heterocycles. The summed E-state index contributed by atoms with van der Waals surface area (Å²) < 4.78 is 5.16. The van der Waals surface area contributed by atoms with Crippen LogP contribution in [0.4, 0.5) is 0 Å². The minimum atomic E-state index is 0.673. The number of hydrogen-bond acceptors (Lipinski definition) is 2. The Morgan fingerprint density at radius 3 is 2.30 bits per heavy atom. The van der Waals surface area contributed by atoms with Crippen molar-refractivity contribution in [2.75, 3.05) is 27.2 Å². The number of nitrogens with one attached hydrogen (secondary N) is 1. The Labute approximate surface area is 139 Å². The van der Waals surface area contributed by atoms with E-state index in [1.807, 2.05) is 7.05 Å². The number of aliphatic imine (C=N–C) groups is 1. The van der Waals surface area contributed by atoms with Gasteiger partial charge in [-0.3, -0.25) is 4.99 Å². The molecule has 1 aromatic rings. The van der Waals surface area contributed by atoms with Crippen molar-refractivity contribution in [2.45, 2.75) is 38.8 Å². The third-order valence-corrected chi connectivity index (χ3v) is 5.27. The Morgan fingerprint density at radius 1 is 1.13 bits per heavy atom. The van der Waals surface area contributed by atoms with Crippen LogP contribution in [-0.2, 0) is 17.9 Å². The van der Waals surface area contributed by atoms with Crippen molar-refractivity contribution in [3.05, 3.63) is 35.4 Å². The molecule has 0 spiro atoms. The van der Waals surface area contributed by atoms with Gasteiger partial charge in [0.1, 0.15) is 0 Å². The normalized spacial score (nSPS) is 24.6. The highest BCUT2D eigenvalue weighted by molar-refractivity contribution is 5.80. The van der Waals surface area contributed by atoms with Gasteiger partial charge in [-0.05, 0) is 35.8 Å². The number of methoxy groups -OCH3 is 1.